The third-order valence-electron chi connectivity index (χ3n) is 6.25. The van der Waals surface area contributed by atoms with Gasteiger partial charge < -0.3 is 20.2 Å². The quantitative estimate of drug-likeness (QED) is 0.0785. The predicted octanol–water partition coefficient (Wildman–Crippen LogP) is 6.67. The molecule has 0 spiro atoms. The molecule has 3 aromatic rings. The van der Waals surface area contributed by atoms with Crippen molar-refractivity contribution in [2.75, 3.05) is 25.5 Å². The molecule has 0 atom stereocenters. The van der Waals surface area contributed by atoms with Crippen LogP contribution in [0.2, 0.25) is 0 Å². The van der Waals surface area contributed by atoms with Gasteiger partial charge in [-0.05, 0) is 49.8 Å². The number of aromatic nitrogens is 1. The number of halogens is 2. The third kappa shape index (κ3) is 8.07. The second kappa shape index (κ2) is 15.1. The number of allylic oxidation sites excluding steroid dienone is 1. The van der Waals surface area contributed by atoms with E-state index in [4.69, 9.17) is 4.99 Å². The highest BCUT2D eigenvalue weighted by Crippen LogP contribution is 2.37. The molecular weight excluding hydrogens is 572 g/mol. The number of rotatable bonds is 12. The Morgan fingerprint density at radius 2 is 1.91 bits per heavy atom. The van der Waals surface area contributed by atoms with E-state index in [1.807, 2.05) is 25.1 Å². The van der Waals surface area contributed by atoms with Gasteiger partial charge in [-0.1, -0.05) is 44.7 Å². The van der Waals surface area contributed by atoms with E-state index in [0.717, 1.165) is 22.6 Å². The number of anilines is 1. The molecule has 0 aliphatic rings. The van der Waals surface area contributed by atoms with Gasteiger partial charge in [0.05, 0.1) is 16.8 Å². The number of para-hydroxylation sites is 1. The molecule has 0 bridgehead atoms. The number of phenols is 1. The summed E-state index contributed by atoms with van der Waals surface area (Å²) in [5.74, 6) is -2.48. The highest BCUT2D eigenvalue weighted by molar-refractivity contribution is 8.00. The number of aliphatic imine (C=N–C) groups is 1. The lowest BCUT2D eigenvalue weighted by Gasteiger charge is -2.26. The monoisotopic (exact) mass is 607 g/mol. The number of carbonyl (C=O) groups is 2. The maximum Gasteiger partial charge on any atom is 0.249 e. The standard InChI is InChI=1S/C32H35F2N5O3S/c1-7-15-39(27(42)8-2)17-16-38(6)32(37-29-21(5)11-9-14-26(29)43-20(3)4)22-18-24(34)30(36-31(22)35-19-40)28-23(33)12-10-13-25(28)41/h7-15,18-20,41H,2,16-17H2,1,3-6H3,(H,35,36,40)/b15-7+,37-32?. The second-order valence-corrected chi connectivity index (χ2v) is 11.4. The molecule has 43 heavy (non-hydrogen) atoms. The molecule has 1 heterocycles. The molecule has 3 rings (SSSR count). The van der Waals surface area contributed by atoms with Crippen LogP contribution >= 0.6 is 11.8 Å². The number of hydrogen-bond donors (Lipinski definition) is 2. The number of carbonyl (C=O) groups excluding carboxylic acids is 2. The zero-order chi connectivity index (χ0) is 31.7. The Labute approximate surface area is 254 Å². The van der Waals surface area contributed by atoms with Crippen molar-refractivity contribution in [2.45, 2.75) is 37.8 Å². The van der Waals surface area contributed by atoms with Gasteiger partial charge in [0.2, 0.25) is 12.3 Å². The maximum atomic E-state index is 15.8. The van der Waals surface area contributed by atoms with Crippen LogP contribution in [0.4, 0.5) is 20.3 Å². The molecule has 2 amide bonds. The number of hydrogen-bond acceptors (Lipinski definition) is 6. The average molecular weight is 608 g/mol. The number of benzene rings is 2. The summed E-state index contributed by atoms with van der Waals surface area (Å²) in [6.45, 7) is 11.9. The number of aromatic hydroxyl groups is 1. The highest BCUT2D eigenvalue weighted by atomic mass is 32.2. The SMILES string of the molecule is C=CC(=O)N(/C=C/C)CCN(C)C(=Nc1c(C)cccc1SC(C)C)c1cc(F)c(-c2c(O)cccc2F)nc1NC=O. The van der Waals surface area contributed by atoms with Crippen LogP contribution in [0.5, 0.6) is 5.75 Å². The minimum atomic E-state index is -0.938. The van der Waals surface area contributed by atoms with Crippen LogP contribution in [0.3, 0.4) is 0 Å². The van der Waals surface area contributed by atoms with Crippen molar-refractivity contribution < 1.29 is 23.5 Å². The lowest BCUT2D eigenvalue weighted by molar-refractivity contribution is -0.123. The molecule has 11 heteroatoms. The van der Waals surface area contributed by atoms with Crippen molar-refractivity contribution in [3.05, 3.63) is 90.2 Å². The molecule has 0 saturated heterocycles. The summed E-state index contributed by atoms with van der Waals surface area (Å²) < 4.78 is 30.5. The Kier molecular flexibility index (Phi) is 11.6. The first-order valence-corrected chi connectivity index (χ1v) is 14.4. The number of thioether (sulfide) groups is 1. The highest BCUT2D eigenvalue weighted by Gasteiger charge is 2.24. The molecule has 1 aromatic heterocycles. The number of pyridine rings is 1. The molecule has 0 aliphatic heterocycles. The maximum absolute atomic E-state index is 15.8. The molecule has 0 aliphatic carbocycles. The number of nitrogens with one attached hydrogen (secondary N) is 1. The Morgan fingerprint density at radius 1 is 1.19 bits per heavy atom. The van der Waals surface area contributed by atoms with E-state index >= 15 is 4.39 Å². The Balaban J connectivity index is 2.27. The fourth-order valence-electron chi connectivity index (χ4n) is 4.25. The van der Waals surface area contributed by atoms with Crippen molar-refractivity contribution in [1.82, 2.24) is 14.8 Å². The number of likely N-dealkylation sites (N-methyl/N-ethyl adjacent to an activating group) is 1. The van der Waals surface area contributed by atoms with Crippen LogP contribution in [-0.4, -0.2) is 63.4 Å². The number of amidine groups is 1. The summed E-state index contributed by atoms with van der Waals surface area (Å²) in [6.07, 6.45) is 4.93. The zero-order valence-electron chi connectivity index (χ0n) is 24.8. The van der Waals surface area contributed by atoms with Crippen molar-refractivity contribution >= 4 is 41.4 Å². The number of phenolic OH excluding ortho intramolecular Hbond substituents is 1. The van der Waals surface area contributed by atoms with Crippen molar-refractivity contribution in [3.8, 4) is 17.0 Å². The number of nitrogens with zero attached hydrogens (tertiary/aromatic N) is 4. The minimum Gasteiger partial charge on any atom is -0.507 e. The van der Waals surface area contributed by atoms with Crippen molar-refractivity contribution in [2.24, 2.45) is 4.99 Å². The lowest BCUT2D eigenvalue weighted by Crippen LogP contribution is -2.37. The van der Waals surface area contributed by atoms with E-state index in [2.05, 4.69) is 30.7 Å². The summed E-state index contributed by atoms with van der Waals surface area (Å²) >= 11 is 1.61. The Bertz CT molecular complexity index is 1540. The normalized spacial score (nSPS) is 11.6. The molecule has 8 nitrogen and oxygen atoms in total. The van der Waals surface area contributed by atoms with Crippen LogP contribution in [0.15, 0.2) is 77.3 Å². The van der Waals surface area contributed by atoms with Gasteiger partial charge in [-0.15, -0.1) is 11.8 Å². The largest absolute Gasteiger partial charge is 0.507 e. The van der Waals surface area contributed by atoms with Gasteiger partial charge in [-0.25, -0.2) is 18.8 Å². The van der Waals surface area contributed by atoms with Gasteiger partial charge in [0.25, 0.3) is 0 Å². The summed E-state index contributed by atoms with van der Waals surface area (Å²) in [6, 6.07) is 10.5. The second-order valence-electron chi connectivity index (χ2n) is 9.77. The molecule has 0 fully saturated rings. The summed E-state index contributed by atoms with van der Waals surface area (Å²) in [5, 5.41) is 13.0. The summed E-state index contributed by atoms with van der Waals surface area (Å²) in [5.41, 5.74) is 0.701. The van der Waals surface area contributed by atoms with E-state index in [-0.39, 0.29) is 41.5 Å². The first-order chi connectivity index (χ1) is 20.5. The molecule has 226 valence electrons. The van der Waals surface area contributed by atoms with Gasteiger partial charge in [-0.3, -0.25) is 9.59 Å². The van der Waals surface area contributed by atoms with Crippen LogP contribution in [0.25, 0.3) is 11.3 Å². The van der Waals surface area contributed by atoms with Gasteiger partial charge in [0, 0.05) is 36.5 Å². The fourth-order valence-corrected chi connectivity index (χ4v) is 5.23. The molecular formula is C32H35F2N5O3S. The smallest absolute Gasteiger partial charge is 0.249 e. The average Bonchev–Trinajstić information content (AvgIpc) is 2.95. The lowest BCUT2D eigenvalue weighted by atomic mass is 10.1. The van der Waals surface area contributed by atoms with Gasteiger partial charge in [0.15, 0.2) is 5.82 Å². The van der Waals surface area contributed by atoms with E-state index < -0.39 is 28.6 Å². The van der Waals surface area contributed by atoms with Gasteiger partial charge in [0.1, 0.15) is 28.9 Å². The van der Waals surface area contributed by atoms with Crippen LogP contribution in [-0.2, 0) is 9.59 Å². The van der Waals surface area contributed by atoms with E-state index in [1.165, 1.54) is 23.1 Å². The van der Waals surface area contributed by atoms with Crippen molar-refractivity contribution in [3.63, 3.8) is 0 Å². The van der Waals surface area contributed by atoms with E-state index in [1.54, 1.807) is 42.9 Å². The Morgan fingerprint density at radius 3 is 2.53 bits per heavy atom. The first kappa shape index (κ1) is 33.0. The summed E-state index contributed by atoms with van der Waals surface area (Å²) in [7, 11) is 1.72. The van der Waals surface area contributed by atoms with Gasteiger partial charge in [-0.2, -0.15) is 0 Å². The molecule has 0 saturated carbocycles. The molecule has 2 N–H and O–H groups in total. The van der Waals surface area contributed by atoms with Crippen molar-refractivity contribution in [1.29, 1.82) is 0 Å². The van der Waals surface area contributed by atoms with E-state index in [0.29, 0.717) is 12.1 Å². The van der Waals surface area contributed by atoms with Gasteiger partial charge >= 0.3 is 0 Å². The number of amides is 2. The van der Waals surface area contributed by atoms with Crippen LogP contribution < -0.4 is 5.32 Å². The number of aryl methyl sites for hydroxylation is 1. The first-order valence-electron chi connectivity index (χ1n) is 13.5. The van der Waals surface area contributed by atoms with Crippen LogP contribution in [0, 0.1) is 18.6 Å². The zero-order valence-corrected chi connectivity index (χ0v) is 25.6. The topological polar surface area (TPSA) is 98.1 Å². The molecule has 0 radical (unpaired) electrons. The third-order valence-corrected chi connectivity index (χ3v) is 7.30. The van der Waals surface area contributed by atoms with Crippen LogP contribution in [0.1, 0.15) is 31.9 Å². The molecule has 2 aromatic carbocycles. The Hall–Kier alpha value is -4.51. The molecule has 0 unspecified atom stereocenters. The summed E-state index contributed by atoms with van der Waals surface area (Å²) in [4.78, 5) is 37.4. The predicted molar refractivity (Wildman–Crippen MR) is 169 cm³/mol. The fraction of sp³-hybridized carbons (Fsp3) is 0.250. The van der Waals surface area contributed by atoms with E-state index in [9.17, 15) is 19.1 Å². The minimum absolute atomic E-state index is 0.0984.